The van der Waals surface area contributed by atoms with E-state index in [9.17, 15) is 14.7 Å². The Morgan fingerprint density at radius 3 is 2.73 bits per heavy atom. The minimum atomic E-state index is -0.862. The lowest BCUT2D eigenvalue weighted by atomic mass is 10.2. The summed E-state index contributed by atoms with van der Waals surface area (Å²) in [5.74, 6) is 0.130. The SMILES string of the molecule is COc1ccccc1C(=O)NCC(O)Cn1ccccc1=O. The number of methoxy groups -OCH3 is 1. The van der Waals surface area contributed by atoms with Crippen molar-refractivity contribution in [2.45, 2.75) is 12.6 Å². The van der Waals surface area contributed by atoms with Gasteiger partial charge in [0.2, 0.25) is 0 Å². The van der Waals surface area contributed by atoms with Gasteiger partial charge in [-0.05, 0) is 18.2 Å². The van der Waals surface area contributed by atoms with Gasteiger partial charge in [-0.1, -0.05) is 18.2 Å². The van der Waals surface area contributed by atoms with Crippen LogP contribution in [0.5, 0.6) is 5.75 Å². The van der Waals surface area contributed by atoms with Gasteiger partial charge in [-0.3, -0.25) is 9.59 Å². The normalized spacial score (nSPS) is 11.7. The van der Waals surface area contributed by atoms with E-state index in [0.717, 1.165) is 0 Å². The molecule has 2 N–H and O–H groups in total. The predicted octanol–water partition coefficient (Wildman–Crippen LogP) is 0.648. The van der Waals surface area contributed by atoms with E-state index in [0.29, 0.717) is 11.3 Å². The average molecular weight is 302 g/mol. The first kappa shape index (κ1) is 15.8. The minimum Gasteiger partial charge on any atom is -0.496 e. The zero-order valence-electron chi connectivity index (χ0n) is 12.2. The molecule has 0 bridgehead atoms. The molecule has 0 spiro atoms. The number of hydrogen-bond donors (Lipinski definition) is 2. The number of aliphatic hydroxyl groups excluding tert-OH is 1. The molecule has 1 atom stereocenters. The molecule has 0 fully saturated rings. The first-order valence-corrected chi connectivity index (χ1v) is 6.86. The predicted molar refractivity (Wildman–Crippen MR) is 82.0 cm³/mol. The van der Waals surface area contributed by atoms with Crippen LogP contribution in [0.15, 0.2) is 53.5 Å². The molecule has 1 aromatic carbocycles. The number of para-hydroxylation sites is 1. The van der Waals surface area contributed by atoms with Crippen LogP contribution in [0.25, 0.3) is 0 Å². The molecule has 0 aliphatic rings. The van der Waals surface area contributed by atoms with Crippen molar-refractivity contribution in [2.24, 2.45) is 0 Å². The molecule has 1 amide bonds. The Hall–Kier alpha value is -2.60. The maximum Gasteiger partial charge on any atom is 0.255 e. The van der Waals surface area contributed by atoms with E-state index in [2.05, 4.69) is 5.32 Å². The number of benzene rings is 1. The van der Waals surface area contributed by atoms with Gasteiger partial charge in [0, 0.05) is 18.8 Å². The Kier molecular flexibility index (Phi) is 5.32. The summed E-state index contributed by atoms with van der Waals surface area (Å²) >= 11 is 0. The number of carbonyl (C=O) groups is 1. The highest BCUT2D eigenvalue weighted by molar-refractivity contribution is 5.96. The Labute approximate surface area is 128 Å². The number of nitrogens with zero attached hydrogens (tertiary/aromatic N) is 1. The maximum atomic E-state index is 12.1. The third-order valence-electron chi connectivity index (χ3n) is 3.16. The average Bonchev–Trinajstić information content (AvgIpc) is 2.54. The first-order valence-electron chi connectivity index (χ1n) is 6.86. The molecule has 1 unspecified atom stereocenters. The second-order valence-electron chi connectivity index (χ2n) is 4.76. The van der Waals surface area contributed by atoms with Gasteiger partial charge < -0.3 is 19.7 Å². The fourth-order valence-electron chi connectivity index (χ4n) is 2.04. The standard InChI is InChI=1S/C16H18N2O4/c1-22-14-7-3-2-6-13(14)16(21)17-10-12(19)11-18-9-5-4-8-15(18)20/h2-9,12,19H,10-11H2,1H3,(H,17,21). The molecule has 2 rings (SSSR count). The lowest BCUT2D eigenvalue weighted by Crippen LogP contribution is -2.36. The molecule has 116 valence electrons. The number of ether oxygens (including phenoxy) is 1. The lowest BCUT2D eigenvalue weighted by Gasteiger charge is -2.14. The molecule has 6 nitrogen and oxygen atoms in total. The largest absolute Gasteiger partial charge is 0.496 e. The first-order chi connectivity index (χ1) is 10.6. The van der Waals surface area contributed by atoms with Crippen molar-refractivity contribution < 1.29 is 14.6 Å². The van der Waals surface area contributed by atoms with E-state index in [1.165, 1.54) is 17.7 Å². The van der Waals surface area contributed by atoms with Crippen molar-refractivity contribution in [3.05, 3.63) is 64.6 Å². The molecule has 6 heteroatoms. The van der Waals surface area contributed by atoms with E-state index in [-0.39, 0.29) is 24.6 Å². The van der Waals surface area contributed by atoms with E-state index in [1.54, 1.807) is 42.6 Å². The van der Waals surface area contributed by atoms with Crippen LogP contribution in [0, 0.1) is 0 Å². The highest BCUT2D eigenvalue weighted by Crippen LogP contribution is 2.16. The summed E-state index contributed by atoms with van der Waals surface area (Å²) in [5.41, 5.74) is 0.201. The van der Waals surface area contributed by atoms with E-state index in [4.69, 9.17) is 4.74 Å². The maximum absolute atomic E-state index is 12.1. The number of amides is 1. The van der Waals surface area contributed by atoms with Crippen molar-refractivity contribution >= 4 is 5.91 Å². The van der Waals surface area contributed by atoms with Gasteiger partial charge in [0.1, 0.15) is 5.75 Å². The summed E-state index contributed by atoms with van der Waals surface area (Å²) in [6, 6.07) is 11.6. The second kappa shape index (κ2) is 7.42. The van der Waals surface area contributed by atoms with Crippen LogP contribution >= 0.6 is 0 Å². The molecular weight excluding hydrogens is 284 g/mol. The zero-order chi connectivity index (χ0) is 15.9. The quantitative estimate of drug-likeness (QED) is 0.821. The van der Waals surface area contributed by atoms with Crippen LogP contribution in [0.2, 0.25) is 0 Å². The Morgan fingerprint density at radius 1 is 1.27 bits per heavy atom. The van der Waals surface area contributed by atoms with E-state index >= 15 is 0 Å². The molecule has 0 aliphatic heterocycles. The number of hydrogen-bond acceptors (Lipinski definition) is 4. The summed E-state index contributed by atoms with van der Waals surface area (Å²) in [6.07, 6.45) is 0.729. The van der Waals surface area contributed by atoms with Crippen LogP contribution in [-0.2, 0) is 6.54 Å². The highest BCUT2D eigenvalue weighted by atomic mass is 16.5. The van der Waals surface area contributed by atoms with Gasteiger partial charge in [-0.15, -0.1) is 0 Å². The highest BCUT2D eigenvalue weighted by Gasteiger charge is 2.13. The fourth-order valence-corrected chi connectivity index (χ4v) is 2.04. The third kappa shape index (κ3) is 3.95. The van der Waals surface area contributed by atoms with Gasteiger partial charge in [-0.25, -0.2) is 0 Å². The number of rotatable bonds is 6. The number of pyridine rings is 1. The topological polar surface area (TPSA) is 80.6 Å². The monoisotopic (exact) mass is 302 g/mol. The summed E-state index contributed by atoms with van der Waals surface area (Å²) < 4.78 is 6.50. The van der Waals surface area contributed by atoms with Gasteiger partial charge in [0.25, 0.3) is 11.5 Å². The van der Waals surface area contributed by atoms with Crippen LogP contribution in [-0.4, -0.2) is 35.3 Å². The molecule has 0 radical (unpaired) electrons. The van der Waals surface area contributed by atoms with Crippen molar-refractivity contribution in [3.8, 4) is 5.75 Å². The Balaban J connectivity index is 1.93. The summed E-state index contributed by atoms with van der Waals surface area (Å²) in [6.45, 7) is 0.157. The molecular formula is C16H18N2O4. The smallest absolute Gasteiger partial charge is 0.255 e. The van der Waals surface area contributed by atoms with Crippen molar-refractivity contribution in [1.29, 1.82) is 0 Å². The molecule has 1 aromatic heterocycles. The number of aromatic nitrogens is 1. The van der Waals surface area contributed by atoms with E-state index < -0.39 is 6.10 Å². The van der Waals surface area contributed by atoms with Crippen molar-refractivity contribution in [2.75, 3.05) is 13.7 Å². The molecule has 1 heterocycles. The van der Waals surface area contributed by atoms with Gasteiger partial charge in [0.05, 0.1) is 25.3 Å². The van der Waals surface area contributed by atoms with Crippen LogP contribution in [0.1, 0.15) is 10.4 Å². The zero-order valence-corrected chi connectivity index (χ0v) is 12.2. The molecule has 22 heavy (non-hydrogen) atoms. The third-order valence-corrected chi connectivity index (χ3v) is 3.16. The molecule has 0 saturated carbocycles. The van der Waals surface area contributed by atoms with Gasteiger partial charge in [0.15, 0.2) is 0 Å². The lowest BCUT2D eigenvalue weighted by molar-refractivity contribution is 0.0900. The molecule has 0 aliphatic carbocycles. The molecule has 2 aromatic rings. The van der Waals surface area contributed by atoms with Crippen molar-refractivity contribution in [1.82, 2.24) is 9.88 Å². The number of aliphatic hydroxyl groups is 1. The van der Waals surface area contributed by atoms with E-state index in [1.807, 2.05) is 0 Å². The van der Waals surface area contributed by atoms with Gasteiger partial charge in [-0.2, -0.15) is 0 Å². The van der Waals surface area contributed by atoms with Crippen LogP contribution < -0.4 is 15.6 Å². The fraction of sp³-hybridized carbons (Fsp3) is 0.250. The molecule has 0 saturated heterocycles. The van der Waals surface area contributed by atoms with Crippen LogP contribution in [0.4, 0.5) is 0 Å². The summed E-state index contributed by atoms with van der Waals surface area (Å²) in [7, 11) is 1.49. The summed E-state index contributed by atoms with van der Waals surface area (Å²) in [5, 5.41) is 12.6. The van der Waals surface area contributed by atoms with Gasteiger partial charge >= 0.3 is 0 Å². The summed E-state index contributed by atoms with van der Waals surface area (Å²) in [4.78, 5) is 23.6. The number of carbonyl (C=O) groups excluding carboxylic acids is 1. The second-order valence-corrected chi connectivity index (χ2v) is 4.76. The number of nitrogens with one attached hydrogen (secondary N) is 1. The Bertz CT molecular complexity index is 696. The Morgan fingerprint density at radius 2 is 2.00 bits per heavy atom. The van der Waals surface area contributed by atoms with Crippen molar-refractivity contribution in [3.63, 3.8) is 0 Å². The van der Waals surface area contributed by atoms with Crippen LogP contribution in [0.3, 0.4) is 0 Å². The minimum absolute atomic E-state index is 0.0399.